The van der Waals surface area contributed by atoms with Crippen molar-refractivity contribution >= 4 is 19.8 Å². The molecular weight excluding hydrogens is 750 g/mol. The molecule has 0 aromatic heterocycles. The third-order valence-electron chi connectivity index (χ3n) is 10.3. The molecule has 0 saturated heterocycles. The summed E-state index contributed by atoms with van der Waals surface area (Å²) in [5, 5.41) is 0. The molecular formula is C48H90NO8P. The van der Waals surface area contributed by atoms with Gasteiger partial charge in [0, 0.05) is 19.4 Å². The van der Waals surface area contributed by atoms with Gasteiger partial charge in [-0.2, -0.15) is 0 Å². The maximum atomic E-state index is 12.6. The molecule has 0 rings (SSSR count). The molecule has 0 amide bonds. The summed E-state index contributed by atoms with van der Waals surface area (Å²) in [6, 6.07) is 0. The zero-order chi connectivity index (χ0) is 42.5. The third-order valence-corrected chi connectivity index (χ3v) is 11.3. The van der Waals surface area contributed by atoms with Crippen LogP contribution in [0.25, 0.3) is 0 Å². The molecule has 0 aliphatic carbocycles. The van der Waals surface area contributed by atoms with Crippen molar-refractivity contribution in [2.45, 2.75) is 232 Å². The van der Waals surface area contributed by atoms with E-state index in [4.69, 9.17) is 24.3 Å². The maximum absolute atomic E-state index is 12.6. The topological polar surface area (TPSA) is 134 Å². The molecule has 0 radical (unpaired) electrons. The van der Waals surface area contributed by atoms with Crippen molar-refractivity contribution < 1.29 is 37.6 Å². The van der Waals surface area contributed by atoms with E-state index >= 15 is 0 Å². The summed E-state index contributed by atoms with van der Waals surface area (Å²) in [6.07, 6.45) is 50.7. The van der Waals surface area contributed by atoms with Gasteiger partial charge in [-0.3, -0.25) is 18.6 Å². The van der Waals surface area contributed by atoms with Gasteiger partial charge in [0.25, 0.3) is 0 Å². The van der Waals surface area contributed by atoms with Gasteiger partial charge in [-0.05, 0) is 51.4 Å². The molecule has 340 valence electrons. The van der Waals surface area contributed by atoms with E-state index in [0.29, 0.717) is 6.42 Å². The molecule has 0 aliphatic rings. The van der Waals surface area contributed by atoms with Crippen LogP contribution >= 0.6 is 7.82 Å². The molecule has 2 atom stereocenters. The van der Waals surface area contributed by atoms with Crippen LogP contribution in [0.3, 0.4) is 0 Å². The number of hydrogen-bond acceptors (Lipinski definition) is 8. The number of esters is 2. The Labute approximate surface area is 356 Å². The summed E-state index contributed by atoms with van der Waals surface area (Å²) in [5.74, 6) is -0.828. The van der Waals surface area contributed by atoms with Crippen LogP contribution in [-0.2, 0) is 32.7 Å². The second-order valence-corrected chi connectivity index (χ2v) is 17.4. The second-order valence-electron chi connectivity index (χ2n) is 16.0. The summed E-state index contributed by atoms with van der Waals surface area (Å²) in [4.78, 5) is 34.8. The van der Waals surface area contributed by atoms with E-state index in [1.807, 2.05) is 0 Å². The molecule has 0 fully saturated rings. The van der Waals surface area contributed by atoms with Gasteiger partial charge in [-0.15, -0.1) is 0 Å². The first-order valence-electron chi connectivity index (χ1n) is 24.0. The predicted octanol–water partition coefficient (Wildman–Crippen LogP) is 14.1. The van der Waals surface area contributed by atoms with Gasteiger partial charge in [0.2, 0.25) is 0 Å². The van der Waals surface area contributed by atoms with Crippen molar-refractivity contribution in [2.24, 2.45) is 5.73 Å². The Morgan fingerprint density at radius 1 is 0.517 bits per heavy atom. The summed E-state index contributed by atoms with van der Waals surface area (Å²) < 4.78 is 32.7. The van der Waals surface area contributed by atoms with Crippen molar-refractivity contribution in [1.82, 2.24) is 0 Å². The lowest BCUT2D eigenvalue weighted by Crippen LogP contribution is -2.29. The average Bonchev–Trinajstić information content (AvgIpc) is 3.21. The smallest absolute Gasteiger partial charge is 0.462 e. The van der Waals surface area contributed by atoms with Crippen molar-refractivity contribution in [3.8, 4) is 0 Å². The Hall–Kier alpha value is -1.77. The van der Waals surface area contributed by atoms with Gasteiger partial charge in [-0.25, -0.2) is 4.57 Å². The number of allylic oxidation sites excluding steroid dienone is 6. The number of nitrogens with two attached hydrogens (primary N) is 1. The SMILES string of the molecule is CCCCCCC/C=C\C/C=C\C/C=C\CCCCCCCCCCCCCCCCC(=O)OC(COC(=O)CCCCCCCCCC)COP(=O)(O)OCCN. The van der Waals surface area contributed by atoms with Crippen LogP contribution in [0, 0.1) is 0 Å². The van der Waals surface area contributed by atoms with Crippen LogP contribution in [0.2, 0.25) is 0 Å². The highest BCUT2D eigenvalue weighted by molar-refractivity contribution is 7.47. The van der Waals surface area contributed by atoms with Crippen LogP contribution in [0.15, 0.2) is 36.5 Å². The molecule has 0 aromatic rings. The molecule has 0 bridgehead atoms. The highest BCUT2D eigenvalue weighted by Gasteiger charge is 2.26. The lowest BCUT2D eigenvalue weighted by atomic mass is 10.0. The minimum absolute atomic E-state index is 0.0544. The molecule has 58 heavy (non-hydrogen) atoms. The van der Waals surface area contributed by atoms with E-state index in [9.17, 15) is 19.0 Å². The van der Waals surface area contributed by atoms with E-state index in [0.717, 1.165) is 51.4 Å². The van der Waals surface area contributed by atoms with Crippen LogP contribution in [0.1, 0.15) is 226 Å². The third kappa shape index (κ3) is 43.8. The number of carbonyl (C=O) groups is 2. The fourth-order valence-electron chi connectivity index (χ4n) is 6.70. The number of phosphoric ester groups is 1. The van der Waals surface area contributed by atoms with Gasteiger partial charge < -0.3 is 20.1 Å². The van der Waals surface area contributed by atoms with E-state index in [1.165, 1.54) is 141 Å². The fraction of sp³-hybridized carbons (Fsp3) is 0.833. The van der Waals surface area contributed by atoms with E-state index < -0.39 is 26.5 Å². The zero-order valence-electron chi connectivity index (χ0n) is 37.5. The first-order chi connectivity index (χ1) is 28.3. The van der Waals surface area contributed by atoms with E-state index in [2.05, 4.69) is 50.3 Å². The molecule has 10 heteroatoms. The van der Waals surface area contributed by atoms with Crippen molar-refractivity contribution in [3.63, 3.8) is 0 Å². The predicted molar refractivity (Wildman–Crippen MR) is 243 cm³/mol. The molecule has 0 heterocycles. The Balaban J connectivity index is 3.89. The first kappa shape index (κ1) is 56.2. The summed E-state index contributed by atoms with van der Waals surface area (Å²) in [5.41, 5.74) is 5.34. The van der Waals surface area contributed by atoms with E-state index in [1.54, 1.807) is 0 Å². The van der Waals surface area contributed by atoms with Crippen LogP contribution in [-0.4, -0.2) is 49.3 Å². The van der Waals surface area contributed by atoms with Crippen molar-refractivity contribution in [2.75, 3.05) is 26.4 Å². The largest absolute Gasteiger partial charge is 0.472 e. The second kappa shape index (κ2) is 44.8. The lowest BCUT2D eigenvalue weighted by Gasteiger charge is -2.19. The minimum atomic E-state index is -4.37. The molecule has 0 saturated carbocycles. The maximum Gasteiger partial charge on any atom is 0.472 e. The summed E-state index contributed by atoms with van der Waals surface area (Å²) in [6.45, 7) is 3.70. The first-order valence-corrected chi connectivity index (χ1v) is 25.5. The summed E-state index contributed by atoms with van der Waals surface area (Å²) in [7, 11) is -4.37. The highest BCUT2D eigenvalue weighted by Crippen LogP contribution is 2.43. The summed E-state index contributed by atoms with van der Waals surface area (Å²) >= 11 is 0. The Kier molecular flexibility index (Phi) is 43.4. The average molecular weight is 840 g/mol. The number of hydrogen-bond donors (Lipinski definition) is 2. The van der Waals surface area contributed by atoms with E-state index in [-0.39, 0.29) is 38.6 Å². The molecule has 2 unspecified atom stereocenters. The number of phosphoric acid groups is 1. The molecule has 9 nitrogen and oxygen atoms in total. The molecule has 0 aromatic carbocycles. The van der Waals surface area contributed by atoms with Crippen LogP contribution in [0.5, 0.6) is 0 Å². The standard InChI is InChI=1S/C48H90NO8P/c1-3-5-7-9-11-13-14-15-16-17-18-19-20-21-22-23-24-25-26-27-28-29-30-31-32-33-35-37-39-41-48(51)57-46(45-56-58(52,53)55-43-42-49)44-54-47(50)40-38-36-34-12-10-8-6-4-2/h14-15,17-18,20-21,46H,3-13,16,19,22-45,49H2,1-2H3,(H,52,53)/b15-14-,18-17-,21-20-. The van der Waals surface area contributed by atoms with Gasteiger partial charge >= 0.3 is 19.8 Å². The lowest BCUT2D eigenvalue weighted by molar-refractivity contribution is -0.161. The van der Waals surface area contributed by atoms with Gasteiger partial charge in [0.1, 0.15) is 6.61 Å². The highest BCUT2D eigenvalue weighted by atomic mass is 31.2. The zero-order valence-corrected chi connectivity index (χ0v) is 38.4. The normalized spacial score (nSPS) is 13.5. The number of carbonyl (C=O) groups excluding carboxylic acids is 2. The fourth-order valence-corrected chi connectivity index (χ4v) is 7.47. The quantitative estimate of drug-likeness (QED) is 0.0266. The van der Waals surface area contributed by atoms with Crippen molar-refractivity contribution in [3.05, 3.63) is 36.5 Å². The van der Waals surface area contributed by atoms with Crippen LogP contribution in [0.4, 0.5) is 0 Å². The Bertz CT molecular complexity index is 1050. The molecule has 3 N–H and O–H groups in total. The van der Waals surface area contributed by atoms with Crippen LogP contribution < -0.4 is 5.73 Å². The molecule has 0 spiro atoms. The van der Waals surface area contributed by atoms with Gasteiger partial charge in [0.15, 0.2) is 6.10 Å². The number of ether oxygens (including phenoxy) is 2. The number of unbranched alkanes of at least 4 members (excludes halogenated alkanes) is 26. The minimum Gasteiger partial charge on any atom is -0.462 e. The monoisotopic (exact) mass is 840 g/mol. The Morgan fingerprint density at radius 3 is 1.33 bits per heavy atom. The van der Waals surface area contributed by atoms with Crippen molar-refractivity contribution in [1.29, 1.82) is 0 Å². The Morgan fingerprint density at radius 2 is 0.897 bits per heavy atom. The molecule has 0 aliphatic heterocycles. The number of rotatable bonds is 45. The van der Waals surface area contributed by atoms with Gasteiger partial charge in [-0.1, -0.05) is 198 Å². The van der Waals surface area contributed by atoms with Gasteiger partial charge in [0.05, 0.1) is 13.2 Å².